The van der Waals surface area contributed by atoms with Gasteiger partial charge in [0, 0.05) is 17.4 Å². The van der Waals surface area contributed by atoms with Gasteiger partial charge in [0.2, 0.25) is 5.91 Å². The first-order valence-electron chi connectivity index (χ1n) is 6.52. The number of rotatable bonds is 2. The minimum absolute atomic E-state index is 0.0351. The van der Waals surface area contributed by atoms with Crippen LogP contribution in [0.4, 0.5) is 5.82 Å². The van der Waals surface area contributed by atoms with Crippen molar-refractivity contribution >= 4 is 35.1 Å². The van der Waals surface area contributed by atoms with E-state index in [2.05, 4.69) is 9.97 Å². The van der Waals surface area contributed by atoms with E-state index in [4.69, 9.17) is 11.6 Å². The predicted molar refractivity (Wildman–Crippen MR) is 85.4 cm³/mol. The summed E-state index contributed by atoms with van der Waals surface area (Å²) in [7, 11) is 0. The van der Waals surface area contributed by atoms with Gasteiger partial charge in [0.25, 0.3) is 0 Å². The Morgan fingerprint density at radius 3 is 2.57 bits per heavy atom. The third-order valence-electron chi connectivity index (χ3n) is 3.33. The smallest absolute Gasteiger partial charge is 0.245 e. The standard InChI is InChI=1S/C15H14ClN3OS/c1-15(2)14(20)19(12-9-17-7-8-18-12)13(21-15)10-3-5-11(16)6-4-10/h3-9,13H,1-2H3. The maximum Gasteiger partial charge on any atom is 0.245 e. The number of aromatic nitrogens is 2. The van der Waals surface area contributed by atoms with Gasteiger partial charge < -0.3 is 0 Å². The molecule has 1 unspecified atom stereocenters. The van der Waals surface area contributed by atoms with Crippen LogP contribution in [0.25, 0.3) is 0 Å². The van der Waals surface area contributed by atoms with Crippen LogP contribution >= 0.6 is 23.4 Å². The fourth-order valence-electron chi connectivity index (χ4n) is 2.26. The van der Waals surface area contributed by atoms with Gasteiger partial charge in [0.15, 0.2) is 5.82 Å². The Balaban J connectivity index is 2.05. The summed E-state index contributed by atoms with van der Waals surface area (Å²) < 4.78 is -0.498. The molecule has 6 heteroatoms. The van der Waals surface area contributed by atoms with Gasteiger partial charge in [-0.15, -0.1) is 11.8 Å². The number of thioether (sulfide) groups is 1. The molecule has 108 valence electrons. The Bertz CT molecular complexity index is 660. The van der Waals surface area contributed by atoms with Gasteiger partial charge in [-0.25, -0.2) is 4.98 Å². The van der Waals surface area contributed by atoms with Crippen LogP contribution < -0.4 is 4.90 Å². The molecule has 4 nitrogen and oxygen atoms in total. The van der Waals surface area contributed by atoms with Gasteiger partial charge in [0.05, 0.1) is 10.9 Å². The summed E-state index contributed by atoms with van der Waals surface area (Å²) in [5, 5.41) is 0.555. The van der Waals surface area contributed by atoms with E-state index in [1.54, 1.807) is 35.3 Å². The van der Waals surface area contributed by atoms with Crippen LogP contribution in [0.1, 0.15) is 24.8 Å². The van der Waals surface area contributed by atoms with Crippen molar-refractivity contribution in [3.63, 3.8) is 0 Å². The van der Waals surface area contributed by atoms with Crippen LogP contribution in [0.3, 0.4) is 0 Å². The summed E-state index contributed by atoms with van der Waals surface area (Å²) in [6.07, 6.45) is 4.81. The molecule has 0 saturated carbocycles. The van der Waals surface area contributed by atoms with E-state index < -0.39 is 4.75 Å². The van der Waals surface area contributed by atoms with E-state index in [1.807, 2.05) is 38.1 Å². The zero-order valence-corrected chi connectivity index (χ0v) is 13.2. The van der Waals surface area contributed by atoms with Crippen molar-refractivity contribution in [2.45, 2.75) is 24.0 Å². The van der Waals surface area contributed by atoms with Gasteiger partial charge in [-0.2, -0.15) is 0 Å². The Morgan fingerprint density at radius 2 is 1.95 bits per heavy atom. The molecule has 0 radical (unpaired) electrons. The largest absolute Gasteiger partial charge is 0.277 e. The van der Waals surface area contributed by atoms with Crippen LogP contribution in [0, 0.1) is 0 Å². The molecule has 0 bridgehead atoms. The lowest BCUT2D eigenvalue weighted by molar-refractivity contribution is -0.119. The number of amides is 1. The van der Waals surface area contributed by atoms with Crippen molar-refractivity contribution in [3.8, 4) is 0 Å². The fourth-order valence-corrected chi connectivity index (χ4v) is 3.75. The second kappa shape index (κ2) is 5.31. The number of anilines is 1. The molecule has 2 heterocycles. The number of hydrogen-bond acceptors (Lipinski definition) is 4. The highest BCUT2D eigenvalue weighted by molar-refractivity contribution is 8.02. The first-order valence-corrected chi connectivity index (χ1v) is 7.78. The Kier molecular flexibility index (Phi) is 3.63. The van der Waals surface area contributed by atoms with Crippen molar-refractivity contribution in [1.29, 1.82) is 0 Å². The van der Waals surface area contributed by atoms with E-state index in [0.29, 0.717) is 10.8 Å². The molecule has 1 atom stereocenters. The minimum atomic E-state index is -0.498. The molecule has 0 spiro atoms. The third-order valence-corrected chi connectivity index (χ3v) is 5.05. The number of nitrogens with zero attached hydrogens (tertiary/aromatic N) is 3. The molecule has 1 aromatic carbocycles. The molecule has 1 aliphatic heterocycles. The van der Waals surface area contributed by atoms with Crippen molar-refractivity contribution in [2.24, 2.45) is 0 Å². The maximum atomic E-state index is 12.7. The lowest BCUT2D eigenvalue weighted by Gasteiger charge is -2.22. The molecule has 2 aromatic rings. The highest BCUT2D eigenvalue weighted by Gasteiger charge is 2.48. The molecular weight excluding hydrogens is 306 g/mol. The van der Waals surface area contributed by atoms with E-state index in [9.17, 15) is 4.79 Å². The number of hydrogen-bond donors (Lipinski definition) is 0. The summed E-state index contributed by atoms with van der Waals surface area (Å²) in [5.41, 5.74) is 1.02. The summed E-state index contributed by atoms with van der Waals surface area (Å²) in [6, 6.07) is 7.56. The molecule has 0 aliphatic carbocycles. The van der Waals surface area contributed by atoms with Gasteiger partial charge >= 0.3 is 0 Å². The molecule has 21 heavy (non-hydrogen) atoms. The van der Waals surface area contributed by atoms with Crippen LogP contribution in [-0.2, 0) is 4.79 Å². The van der Waals surface area contributed by atoms with Crippen LogP contribution in [0.2, 0.25) is 5.02 Å². The molecule has 1 fully saturated rings. The van der Waals surface area contributed by atoms with Crippen molar-refractivity contribution in [1.82, 2.24) is 9.97 Å². The molecule has 0 N–H and O–H groups in total. The first kappa shape index (κ1) is 14.4. The number of benzene rings is 1. The zero-order valence-electron chi connectivity index (χ0n) is 11.7. The highest BCUT2D eigenvalue weighted by Crippen LogP contribution is 2.50. The molecule has 1 amide bonds. The quantitative estimate of drug-likeness (QED) is 0.847. The van der Waals surface area contributed by atoms with E-state index >= 15 is 0 Å². The first-order chi connectivity index (χ1) is 9.99. The second-order valence-electron chi connectivity index (χ2n) is 5.27. The second-order valence-corrected chi connectivity index (χ2v) is 7.41. The number of halogens is 1. The lowest BCUT2D eigenvalue weighted by Crippen LogP contribution is -2.35. The normalized spacial score (nSPS) is 20.8. The fraction of sp³-hybridized carbons (Fsp3) is 0.267. The Morgan fingerprint density at radius 1 is 1.24 bits per heavy atom. The predicted octanol–water partition coefficient (Wildman–Crippen LogP) is 3.69. The molecule has 1 aliphatic rings. The molecule has 1 saturated heterocycles. The Hall–Kier alpha value is -1.59. The summed E-state index contributed by atoms with van der Waals surface area (Å²) >= 11 is 7.55. The number of carbonyl (C=O) groups excluding carboxylic acids is 1. The van der Waals surface area contributed by atoms with Crippen molar-refractivity contribution in [3.05, 3.63) is 53.4 Å². The maximum absolute atomic E-state index is 12.7. The summed E-state index contributed by atoms with van der Waals surface area (Å²) in [6.45, 7) is 3.86. The average molecular weight is 320 g/mol. The average Bonchev–Trinajstić information content (AvgIpc) is 2.71. The summed E-state index contributed by atoms with van der Waals surface area (Å²) in [5.74, 6) is 0.605. The van der Waals surface area contributed by atoms with Crippen LogP contribution in [0.5, 0.6) is 0 Å². The third kappa shape index (κ3) is 2.63. The minimum Gasteiger partial charge on any atom is -0.277 e. The van der Waals surface area contributed by atoms with E-state index in [-0.39, 0.29) is 11.3 Å². The van der Waals surface area contributed by atoms with Gasteiger partial charge in [-0.1, -0.05) is 23.7 Å². The molecule has 3 rings (SSSR count). The topological polar surface area (TPSA) is 46.1 Å². The lowest BCUT2D eigenvalue weighted by atomic mass is 10.1. The van der Waals surface area contributed by atoms with Crippen molar-refractivity contribution < 1.29 is 4.79 Å². The monoisotopic (exact) mass is 319 g/mol. The zero-order chi connectivity index (χ0) is 15.0. The SMILES string of the molecule is CC1(C)SC(c2ccc(Cl)cc2)N(c2cnccn2)C1=O. The summed E-state index contributed by atoms with van der Waals surface area (Å²) in [4.78, 5) is 22.7. The number of carbonyl (C=O) groups is 1. The highest BCUT2D eigenvalue weighted by atomic mass is 35.5. The van der Waals surface area contributed by atoms with E-state index in [1.165, 1.54) is 0 Å². The Labute approximate surface area is 132 Å². The van der Waals surface area contributed by atoms with Gasteiger partial charge in [-0.05, 0) is 31.5 Å². The van der Waals surface area contributed by atoms with Gasteiger partial charge in [-0.3, -0.25) is 14.7 Å². The van der Waals surface area contributed by atoms with Crippen LogP contribution in [-0.4, -0.2) is 20.6 Å². The molecular formula is C15H14ClN3OS. The van der Waals surface area contributed by atoms with Gasteiger partial charge in [0.1, 0.15) is 5.37 Å². The van der Waals surface area contributed by atoms with E-state index in [0.717, 1.165) is 5.56 Å². The van der Waals surface area contributed by atoms with Crippen LogP contribution in [0.15, 0.2) is 42.9 Å². The molecule has 1 aromatic heterocycles. The van der Waals surface area contributed by atoms with Crippen molar-refractivity contribution in [2.75, 3.05) is 4.90 Å².